The summed E-state index contributed by atoms with van der Waals surface area (Å²) < 4.78 is 0. The SMILES string of the molecule is CC(C(=O)NC(C)(C)C)N(CC(=O)O)CC(=O)O. The molecule has 0 aromatic heterocycles. The standard InChI is InChI=1S/C11H20N2O5/c1-7(10(18)12-11(2,3)4)13(5-8(14)15)6-9(16)17/h7H,5-6H2,1-4H3,(H,12,18)(H,14,15)(H,16,17). The monoisotopic (exact) mass is 260 g/mol. The van der Waals surface area contributed by atoms with E-state index >= 15 is 0 Å². The molecule has 7 heteroatoms. The molecule has 104 valence electrons. The average molecular weight is 260 g/mol. The number of carboxylic acid groups (broad SMARTS) is 2. The molecule has 0 saturated heterocycles. The zero-order chi connectivity index (χ0) is 14.5. The van der Waals surface area contributed by atoms with Crippen molar-refractivity contribution < 1.29 is 24.6 Å². The van der Waals surface area contributed by atoms with Gasteiger partial charge in [0.1, 0.15) is 0 Å². The summed E-state index contributed by atoms with van der Waals surface area (Å²) in [6, 6.07) is -0.823. The van der Waals surface area contributed by atoms with Crippen LogP contribution >= 0.6 is 0 Å². The van der Waals surface area contributed by atoms with Crippen molar-refractivity contribution in [2.75, 3.05) is 13.1 Å². The van der Waals surface area contributed by atoms with Gasteiger partial charge in [0.05, 0.1) is 19.1 Å². The summed E-state index contributed by atoms with van der Waals surface area (Å²) >= 11 is 0. The molecule has 0 aliphatic heterocycles. The summed E-state index contributed by atoms with van der Waals surface area (Å²) in [5, 5.41) is 20.1. The molecule has 0 spiro atoms. The molecule has 0 aromatic carbocycles. The average Bonchev–Trinajstić information content (AvgIpc) is 2.11. The molecule has 1 amide bonds. The van der Waals surface area contributed by atoms with E-state index < -0.39 is 42.5 Å². The van der Waals surface area contributed by atoms with Gasteiger partial charge in [-0.3, -0.25) is 19.3 Å². The van der Waals surface area contributed by atoms with E-state index in [1.165, 1.54) is 6.92 Å². The minimum atomic E-state index is -1.17. The minimum Gasteiger partial charge on any atom is -0.480 e. The third-order valence-corrected chi connectivity index (χ3v) is 2.10. The van der Waals surface area contributed by atoms with Crippen molar-refractivity contribution in [3.63, 3.8) is 0 Å². The Balaban J connectivity index is 4.72. The minimum absolute atomic E-state index is 0.398. The van der Waals surface area contributed by atoms with Crippen molar-refractivity contribution in [2.24, 2.45) is 0 Å². The molecule has 7 nitrogen and oxygen atoms in total. The lowest BCUT2D eigenvalue weighted by Crippen LogP contribution is -2.53. The zero-order valence-corrected chi connectivity index (χ0v) is 11.1. The molecule has 1 atom stereocenters. The second kappa shape index (κ2) is 6.34. The van der Waals surface area contributed by atoms with Crippen molar-refractivity contribution >= 4 is 17.8 Å². The number of hydrogen-bond donors (Lipinski definition) is 3. The molecule has 18 heavy (non-hydrogen) atoms. The largest absolute Gasteiger partial charge is 0.480 e. The number of carbonyl (C=O) groups excluding carboxylic acids is 1. The first-order valence-corrected chi connectivity index (χ1v) is 5.52. The topological polar surface area (TPSA) is 107 Å². The van der Waals surface area contributed by atoms with Gasteiger partial charge in [0.2, 0.25) is 5.91 Å². The van der Waals surface area contributed by atoms with Gasteiger partial charge in [-0.05, 0) is 27.7 Å². The number of aliphatic carboxylic acids is 2. The van der Waals surface area contributed by atoms with Crippen LogP contribution in [0.15, 0.2) is 0 Å². The highest BCUT2D eigenvalue weighted by molar-refractivity contribution is 5.83. The van der Waals surface area contributed by atoms with Crippen LogP contribution in [0.3, 0.4) is 0 Å². The Bertz CT molecular complexity index is 319. The van der Waals surface area contributed by atoms with Crippen molar-refractivity contribution in [3.8, 4) is 0 Å². The Kier molecular flexibility index (Phi) is 5.77. The summed E-state index contributed by atoms with van der Waals surface area (Å²) in [7, 11) is 0. The van der Waals surface area contributed by atoms with Crippen LogP contribution in [0.5, 0.6) is 0 Å². The molecular weight excluding hydrogens is 240 g/mol. The van der Waals surface area contributed by atoms with Crippen molar-refractivity contribution in [2.45, 2.75) is 39.3 Å². The van der Waals surface area contributed by atoms with Crippen LogP contribution in [0, 0.1) is 0 Å². The lowest BCUT2D eigenvalue weighted by atomic mass is 10.1. The zero-order valence-electron chi connectivity index (χ0n) is 11.1. The molecule has 0 bridgehead atoms. The van der Waals surface area contributed by atoms with E-state index in [0.29, 0.717) is 0 Å². The lowest BCUT2D eigenvalue weighted by molar-refractivity contribution is -0.144. The fourth-order valence-corrected chi connectivity index (χ4v) is 1.32. The molecule has 0 aliphatic carbocycles. The van der Waals surface area contributed by atoms with Crippen LogP contribution in [0.2, 0.25) is 0 Å². The predicted octanol–water partition coefficient (Wildman–Crippen LogP) is -0.239. The number of hydrogen-bond acceptors (Lipinski definition) is 4. The maximum atomic E-state index is 11.8. The van der Waals surface area contributed by atoms with E-state index in [-0.39, 0.29) is 0 Å². The number of carboxylic acids is 2. The first-order chi connectivity index (χ1) is 8.03. The highest BCUT2D eigenvalue weighted by Gasteiger charge is 2.27. The quantitative estimate of drug-likeness (QED) is 0.608. The maximum absolute atomic E-state index is 11.8. The fourth-order valence-electron chi connectivity index (χ4n) is 1.32. The highest BCUT2D eigenvalue weighted by Crippen LogP contribution is 2.04. The summed E-state index contributed by atoms with van der Waals surface area (Å²) in [6.07, 6.45) is 0. The van der Waals surface area contributed by atoms with Gasteiger partial charge in [-0.2, -0.15) is 0 Å². The van der Waals surface area contributed by atoms with Crippen LogP contribution in [-0.4, -0.2) is 57.6 Å². The van der Waals surface area contributed by atoms with E-state index in [1.54, 1.807) is 20.8 Å². The second-order valence-electron chi connectivity index (χ2n) is 5.11. The van der Waals surface area contributed by atoms with Gasteiger partial charge in [0.25, 0.3) is 0 Å². The van der Waals surface area contributed by atoms with Crippen molar-refractivity contribution in [3.05, 3.63) is 0 Å². The van der Waals surface area contributed by atoms with Crippen LogP contribution in [0.1, 0.15) is 27.7 Å². The van der Waals surface area contributed by atoms with Crippen LogP contribution in [0.25, 0.3) is 0 Å². The van der Waals surface area contributed by atoms with Gasteiger partial charge < -0.3 is 15.5 Å². The Morgan fingerprint density at radius 3 is 1.78 bits per heavy atom. The molecule has 1 unspecified atom stereocenters. The fraction of sp³-hybridized carbons (Fsp3) is 0.727. The molecule has 0 rings (SSSR count). The normalized spacial score (nSPS) is 13.2. The first kappa shape index (κ1) is 16.4. The summed E-state index contributed by atoms with van der Waals surface area (Å²) in [5.74, 6) is -2.75. The van der Waals surface area contributed by atoms with E-state index in [2.05, 4.69) is 5.32 Å². The lowest BCUT2D eigenvalue weighted by Gasteiger charge is -2.28. The molecule has 0 saturated carbocycles. The number of nitrogens with one attached hydrogen (secondary N) is 1. The van der Waals surface area contributed by atoms with Gasteiger partial charge in [0.15, 0.2) is 0 Å². The Hall–Kier alpha value is -1.63. The number of nitrogens with zero attached hydrogens (tertiary/aromatic N) is 1. The molecule has 0 aromatic rings. The van der Waals surface area contributed by atoms with Crippen LogP contribution in [-0.2, 0) is 14.4 Å². The van der Waals surface area contributed by atoms with Crippen molar-refractivity contribution in [1.29, 1.82) is 0 Å². The summed E-state index contributed by atoms with van der Waals surface area (Å²) in [6.45, 7) is 5.85. The molecular formula is C11H20N2O5. The second-order valence-corrected chi connectivity index (χ2v) is 5.11. The van der Waals surface area contributed by atoms with E-state index in [4.69, 9.17) is 10.2 Å². The third-order valence-electron chi connectivity index (χ3n) is 2.10. The smallest absolute Gasteiger partial charge is 0.317 e. The Morgan fingerprint density at radius 2 is 1.50 bits per heavy atom. The third kappa shape index (κ3) is 6.85. The van der Waals surface area contributed by atoms with E-state index in [0.717, 1.165) is 4.90 Å². The van der Waals surface area contributed by atoms with E-state index in [9.17, 15) is 14.4 Å². The van der Waals surface area contributed by atoms with Gasteiger partial charge in [-0.1, -0.05) is 0 Å². The summed E-state index contributed by atoms with van der Waals surface area (Å²) in [5.41, 5.74) is -0.455. The van der Waals surface area contributed by atoms with Gasteiger partial charge in [0, 0.05) is 5.54 Å². The molecule has 0 aliphatic rings. The van der Waals surface area contributed by atoms with Gasteiger partial charge in [-0.15, -0.1) is 0 Å². The molecule has 0 radical (unpaired) electrons. The van der Waals surface area contributed by atoms with Crippen molar-refractivity contribution in [1.82, 2.24) is 10.2 Å². The molecule has 0 fully saturated rings. The Morgan fingerprint density at radius 1 is 1.11 bits per heavy atom. The van der Waals surface area contributed by atoms with Gasteiger partial charge >= 0.3 is 11.9 Å². The maximum Gasteiger partial charge on any atom is 0.317 e. The van der Waals surface area contributed by atoms with Crippen LogP contribution in [0.4, 0.5) is 0 Å². The van der Waals surface area contributed by atoms with Gasteiger partial charge in [-0.25, -0.2) is 0 Å². The number of carbonyl (C=O) groups is 3. The molecule has 0 heterocycles. The van der Waals surface area contributed by atoms with E-state index in [1.807, 2.05) is 0 Å². The predicted molar refractivity (Wildman–Crippen MR) is 64.2 cm³/mol. The Labute approximate surface area is 106 Å². The molecule has 3 N–H and O–H groups in total. The highest BCUT2D eigenvalue weighted by atomic mass is 16.4. The van der Waals surface area contributed by atoms with Crippen LogP contribution < -0.4 is 5.32 Å². The first-order valence-electron chi connectivity index (χ1n) is 5.52. The summed E-state index contributed by atoms with van der Waals surface area (Å²) in [4.78, 5) is 34.2. The number of amides is 1. The number of rotatable bonds is 6.